The molecule has 32 heavy (non-hydrogen) atoms. The Bertz CT molecular complexity index is 1290. The predicted molar refractivity (Wildman–Crippen MR) is 129 cm³/mol. The molecule has 3 aromatic carbocycles. The van der Waals surface area contributed by atoms with Crippen LogP contribution in [0.2, 0.25) is 5.02 Å². The second-order valence-electron chi connectivity index (χ2n) is 7.68. The summed E-state index contributed by atoms with van der Waals surface area (Å²) in [6.45, 7) is 0.676. The van der Waals surface area contributed by atoms with E-state index in [1.54, 1.807) is 12.3 Å². The first kappa shape index (κ1) is 20.3. The molecule has 4 aromatic rings. The van der Waals surface area contributed by atoms with Crippen LogP contribution in [-0.4, -0.2) is 24.2 Å². The van der Waals surface area contributed by atoms with Gasteiger partial charge in [-0.05, 0) is 46.0 Å². The molecule has 5 rings (SSSR count). The third-order valence-electron chi connectivity index (χ3n) is 5.73. The minimum absolute atomic E-state index is 0.0552. The van der Waals surface area contributed by atoms with E-state index in [-0.39, 0.29) is 5.92 Å². The van der Waals surface area contributed by atoms with Crippen molar-refractivity contribution in [1.82, 2.24) is 10.3 Å². The molecule has 0 aliphatic heterocycles. The number of alkyl carbamates (subject to hydrolysis) is 1. The maximum Gasteiger partial charge on any atom is 0.407 e. The molecule has 0 atom stereocenters. The Hall–Kier alpha value is -3.63. The van der Waals surface area contributed by atoms with Crippen LogP contribution >= 0.6 is 11.6 Å². The average molecular weight is 441 g/mol. The van der Waals surface area contributed by atoms with Crippen molar-refractivity contribution in [3.8, 4) is 11.1 Å². The largest absolute Gasteiger partial charge is 0.449 e. The summed E-state index contributed by atoms with van der Waals surface area (Å²) >= 11 is 6.25. The quantitative estimate of drug-likeness (QED) is 0.388. The van der Waals surface area contributed by atoms with Crippen LogP contribution < -0.4 is 5.32 Å². The lowest BCUT2D eigenvalue weighted by molar-refractivity contribution is 0.144. The molecule has 0 unspecified atom stereocenters. The number of rotatable bonds is 5. The highest BCUT2D eigenvalue weighted by Crippen LogP contribution is 2.44. The summed E-state index contributed by atoms with van der Waals surface area (Å²) in [7, 11) is 0. The number of hydrogen-bond donors (Lipinski definition) is 1. The van der Waals surface area contributed by atoms with Crippen LogP contribution in [0.1, 0.15) is 22.6 Å². The third kappa shape index (κ3) is 3.97. The molecule has 1 N–H and O–H groups in total. The van der Waals surface area contributed by atoms with Gasteiger partial charge in [0.25, 0.3) is 0 Å². The molecule has 0 spiro atoms. The number of hydrogen-bond acceptors (Lipinski definition) is 3. The highest BCUT2D eigenvalue weighted by molar-refractivity contribution is 6.35. The van der Waals surface area contributed by atoms with Crippen LogP contribution in [0.4, 0.5) is 4.79 Å². The fraction of sp³-hybridized carbons (Fsp3) is 0.111. The zero-order valence-electron chi connectivity index (χ0n) is 17.3. The van der Waals surface area contributed by atoms with E-state index >= 15 is 0 Å². The van der Waals surface area contributed by atoms with E-state index in [1.165, 1.54) is 22.3 Å². The van der Waals surface area contributed by atoms with E-state index in [9.17, 15) is 4.79 Å². The number of carbonyl (C=O) groups is 1. The molecule has 4 nitrogen and oxygen atoms in total. The van der Waals surface area contributed by atoms with Gasteiger partial charge in [-0.25, -0.2) is 4.79 Å². The van der Waals surface area contributed by atoms with Gasteiger partial charge < -0.3 is 10.1 Å². The Kier molecular flexibility index (Phi) is 5.61. The fourth-order valence-corrected chi connectivity index (χ4v) is 4.43. The van der Waals surface area contributed by atoms with Crippen LogP contribution in [0.3, 0.4) is 0 Å². The number of benzene rings is 3. The summed E-state index contributed by atoms with van der Waals surface area (Å²) in [4.78, 5) is 16.6. The molecule has 1 aliphatic rings. The van der Waals surface area contributed by atoms with Crippen molar-refractivity contribution in [1.29, 1.82) is 0 Å². The summed E-state index contributed by atoms with van der Waals surface area (Å²) in [6, 6.07) is 24.2. The van der Waals surface area contributed by atoms with Gasteiger partial charge in [0.1, 0.15) is 6.61 Å². The van der Waals surface area contributed by atoms with Crippen molar-refractivity contribution in [2.45, 2.75) is 5.92 Å². The standard InChI is InChI=1S/C27H21ClN2O2/c28-25-13-15-29-26-12-11-18(16-23(25)26)6-5-14-30-27(31)32-17-24-21-9-3-1-7-19(21)20-8-2-4-10-22(20)24/h1-13,15-16,24H,14,17H2,(H,30,31). The second kappa shape index (κ2) is 8.85. The molecule has 0 saturated carbocycles. The summed E-state index contributed by atoms with van der Waals surface area (Å²) in [5, 5.41) is 4.36. The molecule has 0 saturated heterocycles. The van der Waals surface area contributed by atoms with Gasteiger partial charge in [0, 0.05) is 24.0 Å². The maximum absolute atomic E-state index is 12.3. The van der Waals surface area contributed by atoms with Gasteiger partial charge >= 0.3 is 6.09 Å². The summed E-state index contributed by atoms with van der Waals surface area (Å²) in [5.41, 5.74) is 6.67. The van der Waals surface area contributed by atoms with E-state index in [2.05, 4.69) is 34.6 Å². The Morgan fingerprint density at radius 3 is 2.47 bits per heavy atom. The van der Waals surface area contributed by atoms with E-state index in [0.717, 1.165) is 16.5 Å². The summed E-state index contributed by atoms with van der Waals surface area (Å²) in [5.74, 6) is 0.0552. The van der Waals surface area contributed by atoms with Crippen molar-refractivity contribution in [3.63, 3.8) is 0 Å². The maximum atomic E-state index is 12.3. The van der Waals surface area contributed by atoms with Crippen molar-refractivity contribution in [2.75, 3.05) is 13.2 Å². The first-order chi connectivity index (χ1) is 15.7. The number of aromatic nitrogens is 1. The SMILES string of the molecule is O=C(NCC=Cc1ccc2nccc(Cl)c2c1)OCC1c2ccccc2-c2ccccc21. The Labute approximate surface area is 191 Å². The minimum Gasteiger partial charge on any atom is -0.449 e. The lowest BCUT2D eigenvalue weighted by atomic mass is 9.98. The van der Waals surface area contributed by atoms with Crippen molar-refractivity contribution < 1.29 is 9.53 Å². The van der Waals surface area contributed by atoms with Gasteiger partial charge in [-0.3, -0.25) is 4.98 Å². The first-order valence-corrected chi connectivity index (χ1v) is 10.9. The molecule has 1 amide bonds. The Morgan fingerprint density at radius 2 is 1.72 bits per heavy atom. The van der Waals surface area contributed by atoms with Crippen LogP contribution in [0.15, 0.2) is 85.1 Å². The van der Waals surface area contributed by atoms with Gasteiger partial charge in [-0.2, -0.15) is 0 Å². The van der Waals surface area contributed by atoms with Crippen LogP contribution in [-0.2, 0) is 4.74 Å². The van der Waals surface area contributed by atoms with Crippen molar-refractivity contribution in [3.05, 3.63) is 107 Å². The molecule has 158 valence electrons. The van der Waals surface area contributed by atoms with Gasteiger partial charge in [0.2, 0.25) is 0 Å². The lowest BCUT2D eigenvalue weighted by Crippen LogP contribution is -2.26. The number of fused-ring (bicyclic) bond motifs is 4. The number of pyridine rings is 1. The summed E-state index contributed by atoms with van der Waals surface area (Å²) < 4.78 is 5.56. The van der Waals surface area contributed by atoms with E-state index in [4.69, 9.17) is 16.3 Å². The molecule has 1 heterocycles. The van der Waals surface area contributed by atoms with Crippen molar-refractivity contribution >= 4 is 34.7 Å². The molecule has 1 aromatic heterocycles. The van der Waals surface area contributed by atoms with Gasteiger partial charge in [0.15, 0.2) is 0 Å². The molecule has 1 aliphatic carbocycles. The zero-order valence-corrected chi connectivity index (χ0v) is 18.0. The fourth-order valence-electron chi connectivity index (χ4n) is 4.22. The van der Waals surface area contributed by atoms with Crippen LogP contribution in [0.5, 0.6) is 0 Å². The highest BCUT2D eigenvalue weighted by atomic mass is 35.5. The zero-order chi connectivity index (χ0) is 21.9. The van der Waals surface area contributed by atoms with E-state index in [0.29, 0.717) is 18.2 Å². The van der Waals surface area contributed by atoms with Gasteiger partial charge in [-0.1, -0.05) is 78.4 Å². The average Bonchev–Trinajstić information content (AvgIpc) is 3.15. The lowest BCUT2D eigenvalue weighted by Gasteiger charge is -2.14. The number of carbonyl (C=O) groups excluding carboxylic acids is 1. The van der Waals surface area contributed by atoms with Crippen LogP contribution in [0.25, 0.3) is 28.1 Å². The smallest absolute Gasteiger partial charge is 0.407 e. The number of nitrogens with one attached hydrogen (secondary N) is 1. The third-order valence-corrected chi connectivity index (χ3v) is 6.06. The monoisotopic (exact) mass is 440 g/mol. The number of halogens is 1. The van der Waals surface area contributed by atoms with Gasteiger partial charge in [-0.15, -0.1) is 0 Å². The number of amides is 1. The predicted octanol–water partition coefficient (Wildman–Crippen LogP) is 6.44. The topological polar surface area (TPSA) is 51.2 Å². The van der Waals surface area contributed by atoms with E-state index in [1.807, 2.05) is 54.6 Å². The number of ether oxygens (including phenoxy) is 1. The first-order valence-electron chi connectivity index (χ1n) is 10.5. The minimum atomic E-state index is -0.428. The van der Waals surface area contributed by atoms with Gasteiger partial charge in [0.05, 0.1) is 10.5 Å². The second-order valence-corrected chi connectivity index (χ2v) is 8.09. The van der Waals surface area contributed by atoms with E-state index < -0.39 is 6.09 Å². The van der Waals surface area contributed by atoms with Crippen LogP contribution in [0, 0.1) is 0 Å². The summed E-state index contributed by atoms with van der Waals surface area (Å²) in [6.07, 6.45) is 5.08. The molecular formula is C27H21ClN2O2. The van der Waals surface area contributed by atoms with Crippen molar-refractivity contribution in [2.24, 2.45) is 0 Å². The highest BCUT2D eigenvalue weighted by Gasteiger charge is 2.28. The number of nitrogens with zero attached hydrogens (tertiary/aromatic N) is 1. The molecule has 0 radical (unpaired) electrons. The molecule has 5 heteroatoms. The Morgan fingerprint density at radius 1 is 1.00 bits per heavy atom. The normalized spacial score (nSPS) is 12.7. The Balaban J connectivity index is 1.18. The molecule has 0 fully saturated rings. The molecule has 0 bridgehead atoms. The molecular weight excluding hydrogens is 420 g/mol.